The van der Waals surface area contributed by atoms with Gasteiger partial charge in [0.2, 0.25) is 12.0 Å². The van der Waals surface area contributed by atoms with Crippen molar-refractivity contribution in [2.24, 2.45) is 0 Å². The topological polar surface area (TPSA) is 144 Å². The van der Waals surface area contributed by atoms with Crippen LogP contribution in [0.15, 0.2) is 36.4 Å². The summed E-state index contributed by atoms with van der Waals surface area (Å²) in [5, 5.41) is 39.9. The van der Waals surface area contributed by atoms with Crippen molar-refractivity contribution < 1.29 is 48.9 Å². The zero-order valence-electron chi connectivity index (χ0n) is 18.1. The normalized spacial score (nSPS) is 29.1. The molecule has 10 heteroatoms. The quantitative estimate of drug-likeness (QED) is 0.481. The number of rotatable bonds is 6. The van der Waals surface area contributed by atoms with Gasteiger partial charge in [-0.05, 0) is 5.56 Å². The smallest absolute Gasteiger partial charge is 0.229 e. The van der Waals surface area contributed by atoms with Crippen LogP contribution in [0.2, 0.25) is 0 Å². The molecule has 1 fully saturated rings. The van der Waals surface area contributed by atoms with Gasteiger partial charge in [0.15, 0.2) is 17.3 Å². The van der Waals surface area contributed by atoms with Gasteiger partial charge in [0.25, 0.3) is 0 Å². The summed E-state index contributed by atoms with van der Waals surface area (Å²) in [6.07, 6.45) is -8.01. The van der Waals surface area contributed by atoms with Crippen molar-refractivity contribution in [2.75, 3.05) is 20.8 Å². The second-order valence-electron chi connectivity index (χ2n) is 7.77. The fourth-order valence-corrected chi connectivity index (χ4v) is 4.01. The van der Waals surface area contributed by atoms with E-state index in [4.69, 9.17) is 23.7 Å². The van der Waals surface area contributed by atoms with E-state index < -0.39 is 43.4 Å². The van der Waals surface area contributed by atoms with Gasteiger partial charge >= 0.3 is 0 Å². The van der Waals surface area contributed by atoms with Gasteiger partial charge in [0.05, 0.1) is 27.2 Å². The van der Waals surface area contributed by atoms with Crippen molar-refractivity contribution in [1.82, 2.24) is 0 Å². The average Bonchev–Trinajstić information content (AvgIpc) is 2.84. The van der Waals surface area contributed by atoms with Gasteiger partial charge < -0.3 is 44.1 Å². The van der Waals surface area contributed by atoms with Gasteiger partial charge in [0, 0.05) is 6.07 Å². The number of carbonyl (C=O) groups excluding carboxylic acids is 1. The fraction of sp³-hybridized carbons (Fsp3) is 0.435. The van der Waals surface area contributed by atoms with Gasteiger partial charge in [-0.15, -0.1) is 0 Å². The van der Waals surface area contributed by atoms with Crippen LogP contribution in [0, 0.1) is 0 Å². The third kappa shape index (κ3) is 4.23. The molecule has 0 radical (unpaired) electrons. The van der Waals surface area contributed by atoms with Gasteiger partial charge in [-0.2, -0.15) is 0 Å². The van der Waals surface area contributed by atoms with E-state index in [0.717, 1.165) is 5.56 Å². The van der Waals surface area contributed by atoms with Gasteiger partial charge in [-0.25, -0.2) is 0 Å². The van der Waals surface area contributed by atoms with E-state index in [1.807, 2.05) is 30.3 Å². The molecule has 0 aromatic heterocycles. The Bertz CT molecular complexity index is 992. The summed E-state index contributed by atoms with van der Waals surface area (Å²) in [7, 11) is 2.82. The number of Topliss-reactive ketones (excluding diaryl/α,β-unsaturated/α-hetero) is 1. The lowest BCUT2D eigenvalue weighted by Gasteiger charge is -2.40. The van der Waals surface area contributed by atoms with E-state index in [1.54, 1.807) is 0 Å². The highest BCUT2D eigenvalue weighted by molar-refractivity contribution is 6.04. The van der Waals surface area contributed by atoms with Crippen molar-refractivity contribution in [3.63, 3.8) is 0 Å². The van der Waals surface area contributed by atoms with Crippen LogP contribution in [0.4, 0.5) is 0 Å². The predicted molar refractivity (Wildman–Crippen MR) is 113 cm³/mol. The zero-order valence-corrected chi connectivity index (χ0v) is 18.1. The number of hydrogen-bond donors (Lipinski definition) is 4. The Morgan fingerprint density at radius 3 is 2.36 bits per heavy atom. The molecular formula is C23H26O10. The van der Waals surface area contributed by atoms with Crippen LogP contribution in [0.25, 0.3) is 0 Å². The summed E-state index contributed by atoms with van der Waals surface area (Å²) in [6, 6.07) is 10.6. The molecule has 0 saturated carbocycles. The molecule has 4 rings (SSSR count). The third-order valence-electron chi connectivity index (χ3n) is 5.76. The molecule has 1 saturated heterocycles. The molecule has 0 spiro atoms. The number of carbonyl (C=O) groups is 1. The first-order chi connectivity index (χ1) is 15.9. The fourth-order valence-electron chi connectivity index (χ4n) is 4.01. The molecule has 2 heterocycles. The molecule has 2 aliphatic rings. The predicted octanol–water partition coefficient (Wildman–Crippen LogP) is 0.589. The standard InChI is InChI=1S/C23H26O10/c1-29-15-9-14(32-23-20(28)19(27)18(26)16(10-24)33-23)17-12(25)8-13(11-6-4-3-5-7-11)31-22(17)21(15)30-2/h3-7,9,13,16,18-20,23-24,26-28H,8,10H2,1-2H3/t13-,16+,18+,19+,20+,23-/m0/s1. The first-order valence-corrected chi connectivity index (χ1v) is 10.4. The zero-order chi connectivity index (χ0) is 23.7. The molecule has 4 N–H and O–H groups in total. The van der Waals surface area contributed by atoms with E-state index in [1.165, 1.54) is 20.3 Å². The van der Waals surface area contributed by atoms with Crippen LogP contribution in [0.1, 0.15) is 28.4 Å². The van der Waals surface area contributed by atoms with Gasteiger partial charge in [-0.3, -0.25) is 4.79 Å². The highest BCUT2D eigenvalue weighted by Gasteiger charge is 2.46. The van der Waals surface area contributed by atoms with Crippen molar-refractivity contribution >= 4 is 5.78 Å². The van der Waals surface area contributed by atoms with Gasteiger partial charge in [0.1, 0.15) is 41.8 Å². The number of aliphatic hydroxyl groups is 4. The Kier molecular flexibility index (Phi) is 6.73. The molecular weight excluding hydrogens is 436 g/mol. The Morgan fingerprint density at radius 2 is 1.73 bits per heavy atom. The molecule has 0 amide bonds. The molecule has 2 aromatic carbocycles. The molecule has 10 nitrogen and oxygen atoms in total. The minimum absolute atomic E-state index is 0.0245. The number of benzene rings is 2. The number of ether oxygens (including phenoxy) is 5. The van der Waals surface area contributed by atoms with Crippen molar-refractivity contribution in [1.29, 1.82) is 0 Å². The molecule has 6 atom stereocenters. The Labute approximate surface area is 189 Å². The van der Waals surface area contributed by atoms with Crippen LogP contribution in [0.5, 0.6) is 23.0 Å². The first-order valence-electron chi connectivity index (χ1n) is 10.4. The molecule has 178 valence electrons. The molecule has 33 heavy (non-hydrogen) atoms. The second-order valence-corrected chi connectivity index (χ2v) is 7.77. The molecule has 0 unspecified atom stereocenters. The summed E-state index contributed by atoms with van der Waals surface area (Å²) in [6.45, 7) is -0.615. The Balaban J connectivity index is 1.74. The monoisotopic (exact) mass is 462 g/mol. The van der Waals surface area contributed by atoms with Crippen molar-refractivity contribution in [2.45, 2.75) is 43.2 Å². The van der Waals surface area contributed by atoms with Crippen LogP contribution >= 0.6 is 0 Å². The van der Waals surface area contributed by atoms with E-state index in [9.17, 15) is 25.2 Å². The number of methoxy groups -OCH3 is 2. The Hall–Kier alpha value is -2.89. The Morgan fingerprint density at radius 1 is 1.00 bits per heavy atom. The first kappa shape index (κ1) is 23.3. The van der Waals surface area contributed by atoms with Crippen LogP contribution in [0.3, 0.4) is 0 Å². The number of aliphatic hydroxyl groups excluding tert-OH is 4. The molecule has 0 aliphatic carbocycles. The molecule has 2 aliphatic heterocycles. The maximum atomic E-state index is 13.2. The number of fused-ring (bicyclic) bond motifs is 1. The highest BCUT2D eigenvalue weighted by Crippen LogP contribution is 2.50. The van der Waals surface area contributed by atoms with Crippen molar-refractivity contribution in [3.05, 3.63) is 47.5 Å². The van der Waals surface area contributed by atoms with Crippen molar-refractivity contribution in [3.8, 4) is 23.0 Å². The van der Waals surface area contributed by atoms with E-state index >= 15 is 0 Å². The number of hydrogen-bond acceptors (Lipinski definition) is 10. The number of ketones is 1. The largest absolute Gasteiger partial charge is 0.493 e. The summed E-state index contributed by atoms with van der Waals surface area (Å²) in [5.74, 6) is 0.190. The van der Waals surface area contributed by atoms with E-state index in [2.05, 4.69) is 0 Å². The van der Waals surface area contributed by atoms with Crippen LogP contribution in [-0.2, 0) is 4.74 Å². The molecule has 0 bridgehead atoms. The maximum Gasteiger partial charge on any atom is 0.229 e. The molecule has 2 aromatic rings. The lowest BCUT2D eigenvalue weighted by atomic mass is 9.94. The maximum absolute atomic E-state index is 13.2. The SMILES string of the molecule is COc1cc(O[C@H]2O[C@H](CO)[C@@H](O)[C@@H](O)[C@H]2O)c2c(c1OC)O[C@H](c1ccccc1)CC2=O. The second kappa shape index (κ2) is 9.54. The summed E-state index contributed by atoms with van der Waals surface area (Å²) < 4.78 is 28.2. The summed E-state index contributed by atoms with van der Waals surface area (Å²) in [4.78, 5) is 13.2. The lowest BCUT2D eigenvalue weighted by molar-refractivity contribution is -0.277. The van der Waals surface area contributed by atoms with Crippen LogP contribution in [-0.4, -0.2) is 77.7 Å². The van der Waals surface area contributed by atoms with E-state index in [-0.39, 0.29) is 40.8 Å². The minimum Gasteiger partial charge on any atom is -0.493 e. The summed E-state index contributed by atoms with van der Waals surface area (Å²) in [5.41, 5.74) is 0.870. The lowest BCUT2D eigenvalue weighted by Crippen LogP contribution is -2.60. The van der Waals surface area contributed by atoms with Crippen LogP contribution < -0.4 is 18.9 Å². The third-order valence-corrected chi connectivity index (χ3v) is 5.76. The highest BCUT2D eigenvalue weighted by atomic mass is 16.7. The minimum atomic E-state index is -1.65. The summed E-state index contributed by atoms with van der Waals surface area (Å²) >= 11 is 0. The average molecular weight is 462 g/mol. The van der Waals surface area contributed by atoms with E-state index in [0.29, 0.717) is 0 Å². The van der Waals surface area contributed by atoms with Gasteiger partial charge in [-0.1, -0.05) is 30.3 Å².